The fourth-order valence-corrected chi connectivity index (χ4v) is 3.50. The van der Waals surface area contributed by atoms with Gasteiger partial charge in [-0.3, -0.25) is 9.59 Å². The van der Waals surface area contributed by atoms with E-state index in [1.807, 2.05) is 11.0 Å². The van der Waals surface area contributed by atoms with Crippen LogP contribution in [0.15, 0.2) is 23.1 Å². The Balaban J connectivity index is 1.71. The van der Waals surface area contributed by atoms with E-state index in [0.717, 1.165) is 5.39 Å². The largest absolute Gasteiger partial charge is 0.444 e. The Bertz CT molecular complexity index is 993. The molecule has 27 heavy (non-hydrogen) atoms. The van der Waals surface area contributed by atoms with Crippen molar-refractivity contribution in [2.24, 2.45) is 0 Å². The third-order valence-corrected chi connectivity index (χ3v) is 4.63. The number of hydrogen-bond acceptors (Lipinski definition) is 6. The number of amides is 2. The van der Waals surface area contributed by atoms with Gasteiger partial charge in [0.1, 0.15) is 23.0 Å². The van der Waals surface area contributed by atoms with Gasteiger partial charge in [0.25, 0.3) is 5.56 Å². The van der Waals surface area contributed by atoms with E-state index in [9.17, 15) is 14.4 Å². The Morgan fingerprint density at radius 2 is 2.07 bits per heavy atom. The van der Waals surface area contributed by atoms with Gasteiger partial charge in [-0.1, -0.05) is 0 Å². The lowest BCUT2D eigenvalue weighted by Gasteiger charge is -2.44. The normalized spacial score (nSPS) is 19.4. The first-order valence-corrected chi connectivity index (χ1v) is 8.81. The molecule has 1 saturated heterocycles. The van der Waals surface area contributed by atoms with Crippen molar-refractivity contribution in [2.75, 3.05) is 29.9 Å². The third-order valence-electron chi connectivity index (χ3n) is 4.63. The van der Waals surface area contributed by atoms with Crippen molar-refractivity contribution in [3.63, 3.8) is 0 Å². The molecule has 2 N–H and O–H groups in total. The molecule has 2 aliphatic heterocycles. The van der Waals surface area contributed by atoms with Crippen LogP contribution in [-0.2, 0) is 9.53 Å². The number of hydrogen-bond donors (Lipinski definition) is 2. The quantitative estimate of drug-likeness (QED) is 0.723. The number of pyridine rings is 2. The highest BCUT2D eigenvalue weighted by Gasteiger charge is 2.41. The third kappa shape index (κ3) is 2.98. The maximum atomic E-state index is 12.6. The Morgan fingerprint density at radius 3 is 2.81 bits per heavy atom. The molecule has 4 heterocycles. The van der Waals surface area contributed by atoms with Crippen LogP contribution in [0.1, 0.15) is 20.8 Å². The van der Waals surface area contributed by atoms with E-state index in [2.05, 4.69) is 15.3 Å². The molecule has 0 saturated carbocycles. The molecule has 1 unspecified atom stereocenters. The summed E-state index contributed by atoms with van der Waals surface area (Å²) in [5, 5.41) is 3.45. The fourth-order valence-electron chi connectivity index (χ4n) is 3.50. The second-order valence-electron chi connectivity index (χ2n) is 7.70. The van der Waals surface area contributed by atoms with E-state index in [4.69, 9.17) is 4.74 Å². The highest BCUT2D eigenvalue weighted by atomic mass is 16.6. The Labute approximate surface area is 155 Å². The number of ether oxygens (including phenoxy) is 1. The summed E-state index contributed by atoms with van der Waals surface area (Å²) < 4.78 is 5.42. The number of carbonyl (C=O) groups is 2. The molecule has 0 aliphatic carbocycles. The van der Waals surface area contributed by atoms with E-state index in [-0.39, 0.29) is 18.1 Å². The Morgan fingerprint density at radius 1 is 1.30 bits per heavy atom. The minimum atomic E-state index is -0.606. The summed E-state index contributed by atoms with van der Waals surface area (Å²) in [4.78, 5) is 47.8. The minimum Gasteiger partial charge on any atom is -0.444 e. The van der Waals surface area contributed by atoms with Crippen LogP contribution in [0.5, 0.6) is 0 Å². The van der Waals surface area contributed by atoms with Crippen LogP contribution in [0.3, 0.4) is 0 Å². The molecule has 2 amide bonds. The molecule has 2 aliphatic rings. The molecule has 2 aromatic heterocycles. The number of anilines is 2. The number of rotatable bonds is 0. The van der Waals surface area contributed by atoms with E-state index in [1.54, 1.807) is 33.0 Å². The van der Waals surface area contributed by atoms with E-state index >= 15 is 0 Å². The van der Waals surface area contributed by atoms with Crippen molar-refractivity contribution in [1.29, 1.82) is 0 Å². The standard InChI is InChI=1S/C18H21N5O4/c1-18(2,3)27-17(26)22-7-8-23-11(9-22)15(24)20-12-13(23)10-5-4-6-19-14(10)21-16(12)25/h4-6,11H,7-9H2,1-3H3,(H,20,24)(H,19,21,25). The van der Waals surface area contributed by atoms with Crippen LogP contribution in [-0.4, -0.2) is 58.1 Å². The summed E-state index contributed by atoms with van der Waals surface area (Å²) in [6.07, 6.45) is 1.16. The first kappa shape index (κ1) is 17.3. The maximum absolute atomic E-state index is 12.6. The number of aromatic nitrogens is 2. The highest BCUT2D eigenvalue weighted by Crippen LogP contribution is 2.36. The first-order chi connectivity index (χ1) is 12.7. The molecular formula is C18H21N5O4. The van der Waals surface area contributed by atoms with E-state index in [1.165, 1.54) is 4.90 Å². The van der Waals surface area contributed by atoms with Crippen molar-refractivity contribution >= 4 is 34.4 Å². The van der Waals surface area contributed by atoms with Crippen LogP contribution >= 0.6 is 0 Å². The van der Waals surface area contributed by atoms with Gasteiger partial charge in [0.05, 0.1) is 12.2 Å². The first-order valence-electron chi connectivity index (χ1n) is 8.81. The predicted molar refractivity (Wildman–Crippen MR) is 99.9 cm³/mol. The van der Waals surface area contributed by atoms with Crippen LogP contribution in [0, 0.1) is 0 Å². The summed E-state index contributed by atoms with van der Waals surface area (Å²) in [7, 11) is 0. The van der Waals surface area contributed by atoms with Crippen LogP contribution in [0.2, 0.25) is 0 Å². The van der Waals surface area contributed by atoms with Crippen LogP contribution in [0.4, 0.5) is 16.2 Å². The van der Waals surface area contributed by atoms with Gasteiger partial charge >= 0.3 is 6.09 Å². The summed E-state index contributed by atoms with van der Waals surface area (Å²) in [5.41, 5.74) is 0.339. The molecule has 9 nitrogen and oxygen atoms in total. The molecule has 0 radical (unpaired) electrons. The molecule has 0 spiro atoms. The monoisotopic (exact) mass is 371 g/mol. The molecule has 1 fully saturated rings. The molecule has 1 atom stereocenters. The van der Waals surface area contributed by atoms with Gasteiger partial charge in [0, 0.05) is 24.7 Å². The van der Waals surface area contributed by atoms with Gasteiger partial charge in [-0.15, -0.1) is 0 Å². The number of carbonyl (C=O) groups excluding carboxylic acids is 2. The minimum absolute atomic E-state index is 0.189. The predicted octanol–water partition coefficient (Wildman–Crippen LogP) is 1.30. The number of piperazine rings is 1. The molecule has 4 rings (SSSR count). The average Bonchev–Trinajstić information content (AvgIpc) is 2.60. The van der Waals surface area contributed by atoms with Gasteiger partial charge in [-0.25, -0.2) is 9.78 Å². The highest BCUT2D eigenvalue weighted by molar-refractivity contribution is 6.09. The number of nitrogens with one attached hydrogen (secondary N) is 2. The zero-order valence-corrected chi connectivity index (χ0v) is 15.4. The summed E-state index contributed by atoms with van der Waals surface area (Å²) in [6.45, 7) is 6.40. The Hall–Kier alpha value is -3.10. The van der Waals surface area contributed by atoms with Gasteiger partial charge in [0.15, 0.2) is 0 Å². The molecule has 142 valence electrons. The zero-order chi connectivity index (χ0) is 19.3. The summed E-state index contributed by atoms with van der Waals surface area (Å²) in [5.74, 6) is -0.315. The molecule has 0 aromatic carbocycles. The second kappa shape index (κ2) is 5.97. The van der Waals surface area contributed by atoms with Crippen molar-refractivity contribution in [3.8, 4) is 0 Å². The van der Waals surface area contributed by atoms with Gasteiger partial charge in [0.2, 0.25) is 5.91 Å². The molecular weight excluding hydrogens is 350 g/mol. The van der Waals surface area contributed by atoms with Crippen molar-refractivity contribution in [1.82, 2.24) is 14.9 Å². The maximum Gasteiger partial charge on any atom is 0.410 e. The SMILES string of the molecule is CC(C)(C)OC(=O)N1CCN2c3c(c(=O)[nH]c4ncccc34)NC(=O)C2C1. The van der Waals surface area contributed by atoms with Gasteiger partial charge in [-0.2, -0.15) is 0 Å². The van der Waals surface area contributed by atoms with Crippen molar-refractivity contribution in [3.05, 3.63) is 28.7 Å². The van der Waals surface area contributed by atoms with E-state index < -0.39 is 23.3 Å². The lowest BCUT2D eigenvalue weighted by Crippen LogP contribution is -2.62. The average molecular weight is 371 g/mol. The number of H-pyrrole nitrogens is 1. The Kier molecular flexibility index (Phi) is 3.83. The topological polar surface area (TPSA) is 108 Å². The van der Waals surface area contributed by atoms with Gasteiger partial charge < -0.3 is 24.8 Å². The number of fused-ring (bicyclic) bond motifs is 5. The summed E-state index contributed by atoms with van der Waals surface area (Å²) in [6, 6.07) is 3.04. The molecule has 0 bridgehead atoms. The lowest BCUT2D eigenvalue weighted by atomic mass is 10.0. The zero-order valence-electron chi connectivity index (χ0n) is 15.4. The number of aromatic amines is 1. The van der Waals surface area contributed by atoms with Gasteiger partial charge in [-0.05, 0) is 32.9 Å². The lowest BCUT2D eigenvalue weighted by molar-refractivity contribution is -0.118. The van der Waals surface area contributed by atoms with E-state index in [0.29, 0.717) is 24.4 Å². The second-order valence-corrected chi connectivity index (χ2v) is 7.70. The van der Waals surface area contributed by atoms with Crippen LogP contribution in [0.25, 0.3) is 11.0 Å². The molecule has 9 heteroatoms. The smallest absolute Gasteiger partial charge is 0.410 e. The fraction of sp³-hybridized carbons (Fsp3) is 0.444. The van der Waals surface area contributed by atoms with Crippen LogP contribution < -0.4 is 15.8 Å². The molecule has 2 aromatic rings. The summed E-state index contributed by atoms with van der Waals surface area (Å²) >= 11 is 0. The number of nitrogens with zero attached hydrogens (tertiary/aromatic N) is 3. The van der Waals surface area contributed by atoms with Crippen molar-refractivity contribution < 1.29 is 14.3 Å². The van der Waals surface area contributed by atoms with Crippen molar-refractivity contribution in [2.45, 2.75) is 32.4 Å².